The fourth-order valence-corrected chi connectivity index (χ4v) is 4.12. The van der Waals surface area contributed by atoms with Crippen LogP contribution in [0.4, 0.5) is 24.5 Å². The topological polar surface area (TPSA) is 58.2 Å². The number of rotatable bonds is 6. The summed E-state index contributed by atoms with van der Waals surface area (Å²) in [7, 11) is 0. The van der Waals surface area contributed by atoms with Crippen LogP contribution in [-0.4, -0.2) is 17.1 Å². The van der Waals surface area contributed by atoms with Crippen LogP contribution in [0.15, 0.2) is 70.9 Å². The van der Waals surface area contributed by atoms with Gasteiger partial charge in [-0.3, -0.25) is 9.59 Å². The van der Waals surface area contributed by atoms with Gasteiger partial charge in [-0.25, -0.2) is 0 Å². The first kappa shape index (κ1) is 21.9. The Morgan fingerprint density at radius 2 is 1.77 bits per heavy atom. The fourth-order valence-electron chi connectivity index (χ4n) is 2.58. The Kier molecular flexibility index (Phi) is 6.84. The quantitative estimate of drug-likeness (QED) is 0.444. The Balaban J connectivity index is 1.65. The van der Waals surface area contributed by atoms with Gasteiger partial charge in [0.1, 0.15) is 0 Å². The lowest BCUT2D eigenvalue weighted by Gasteiger charge is -2.16. The van der Waals surface area contributed by atoms with Crippen LogP contribution in [0.1, 0.15) is 22.2 Å². The molecule has 2 amide bonds. The molecule has 0 radical (unpaired) electrons. The van der Waals surface area contributed by atoms with Gasteiger partial charge in [-0.05, 0) is 48.7 Å². The van der Waals surface area contributed by atoms with Gasteiger partial charge in [-0.15, -0.1) is 23.1 Å². The highest BCUT2D eigenvalue weighted by Crippen LogP contribution is 2.35. The van der Waals surface area contributed by atoms with Crippen molar-refractivity contribution < 1.29 is 22.8 Å². The fraction of sp³-hybridized carbons (Fsp3) is 0.143. The van der Waals surface area contributed by atoms with E-state index in [1.165, 1.54) is 41.3 Å². The number of alkyl halides is 3. The van der Waals surface area contributed by atoms with Gasteiger partial charge < -0.3 is 10.6 Å². The van der Waals surface area contributed by atoms with Crippen LogP contribution in [0.2, 0.25) is 0 Å². The number of amides is 2. The largest absolute Gasteiger partial charge is 0.418 e. The van der Waals surface area contributed by atoms with Crippen molar-refractivity contribution in [1.82, 2.24) is 0 Å². The zero-order valence-corrected chi connectivity index (χ0v) is 17.3. The third-order valence-corrected chi connectivity index (χ3v) is 5.97. The molecule has 9 heteroatoms. The lowest BCUT2D eigenvalue weighted by atomic mass is 10.1. The van der Waals surface area contributed by atoms with E-state index < -0.39 is 22.9 Å². The van der Waals surface area contributed by atoms with E-state index >= 15 is 0 Å². The molecule has 2 N–H and O–H groups in total. The molecule has 2 aromatic carbocycles. The molecule has 3 aromatic rings. The summed E-state index contributed by atoms with van der Waals surface area (Å²) in [5.41, 5.74) is -0.610. The highest BCUT2D eigenvalue weighted by atomic mass is 32.2. The molecule has 0 fully saturated rings. The SMILES string of the molecule is CC(Sc1cccc(NC(=O)c2cccs2)c1)C(=O)Nc1ccccc1C(F)(F)F. The highest BCUT2D eigenvalue weighted by molar-refractivity contribution is 8.00. The molecule has 30 heavy (non-hydrogen) atoms. The summed E-state index contributed by atoms with van der Waals surface area (Å²) in [4.78, 5) is 25.9. The summed E-state index contributed by atoms with van der Waals surface area (Å²) < 4.78 is 39.3. The third kappa shape index (κ3) is 5.64. The third-order valence-electron chi connectivity index (χ3n) is 4.01. The second-order valence-electron chi connectivity index (χ2n) is 6.25. The molecule has 0 saturated heterocycles. The van der Waals surface area contributed by atoms with E-state index in [4.69, 9.17) is 0 Å². The predicted octanol–water partition coefficient (Wildman–Crippen LogP) is 6.14. The molecule has 0 aliphatic carbocycles. The number of hydrogen-bond acceptors (Lipinski definition) is 4. The number of benzene rings is 2. The maximum atomic E-state index is 13.1. The number of thiophene rings is 1. The normalized spacial score (nSPS) is 12.3. The van der Waals surface area contributed by atoms with E-state index in [0.29, 0.717) is 15.5 Å². The van der Waals surface area contributed by atoms with E-state index in [0.717, 1.165) is 6.07 Å². The summed E-state index contributed by atoms with van der Waals surface area (Å²) >= 11 is 2.50. The average molecular weight is 451 g/mol. The molecule has 0 aliphatic heterocycles. The highest BCUT2D eigenvalue weighted by Gasteiger charge is 2.33. The molecular formula is C21H17F3N2O2S2. The van der Waals surface area contributed by atoms with Crippen LogP contribution in [-0.2, 0) is 11.0 Å². The van der Waals surface area contributed by atoms with Gasteiger partial charge in [0.15, 0.2) is 0 Å². The van der Waals surface area contributed by atoms with Gasteiger partial charge in [0, 0.05) is 10.6 Å². The average Bonchev–Trinajstić information content (AvgIpc) is 3.23. The molecule has 1 atom stereocenters. The molecule has 1 unspecified atom stereocenters. The van der Waals surface area contributed by atoms with E-state index in [9.17, 15) is 22.8 Å². The maximum absolute atomic E-state index is 13.1. The van der Waals surface area contributed by atoms with Crippen LogP contribution in [0.5, 0.6) is 0 Å². The second kappa shape index (κ2) is 9.36. The monoisotopic (exact) mass is 450 g/mol. The van der Waals surface area contributed by atoms with Crippen molar-refractivity contribution in [3.05, 3.63) is 76.5 Å². The number of hydrogen-bond donors (Lipinski definition) is 2. The number of para-hydroxylation sites is 1. The second-order valence-corrected chi connectivity index (χ2v) is 8.61. The number of halogens is 3. The molecule has 0 bridgehead atoms. The maximum Gasteiger partial charge on any atom is 0.418 e. The van der Waals surface area contributed by atoms with Crippen LogP contribution in [0.3, 0.4) is 0 Å². The molecule has 4 nitrogen and oxygen atoms in total. The number of carbonyl (C=O) groups is 2. The Labute approximate surface area is 179 Å². The van der Waals surface area contributed by atoms with E-state index in [1.54, 1.807) is 48.7 Å². The van der Waals surface area contributed by atoms with Crippen LogP contribution >= 0.6 is 23.1 Å². The van der Waals surface area contributed by atoms with Crippen molar-refractivity contribution in [3.8, 4) is 0 Å². The molecular weight excluding hydrogens is 433 g/mol. The Morgan fingerprint density at radius 1 is 1.00 bits per heavy atom. The Bertz CT molecular complexity index is 1040. The number of carbonyl (C=O) groups excluding carboxylic acids is 2. The van der Waals surface area contributed by atoms with Crippen molar-refractivity contribution >= 4 is 46.3 Å². The van der Waals surface area contributed by atoms with Gasteiger partial charge in [-0.2, -0.15) is 13.2 Å². The summed E-state index contributed by atoms with van der Waals surface area (Å²) in [5, 5.41) is 6.28. The van der Waals surface area contributed by atoms with Crippen LogP contribution in [0.25, 0.3) is 0 Å². The first-order valence-electron chi connectivity index (χ1n) is 8.82. The van der Waals surface area contributed by atoms with E-state index in [1.807, 2.05) is 0 Å². The number of thioether (sulfide) groups is 1. The zero-order chi connectivity index (χ0) is 21.7. The Morgan fingerprint density at radius 3 is 2.47 bits per heavy atom. The minimum Gasteiger partial charge on any atom is -0.325 e. The van der Waals surface area contributed by atoms with Crippen LogP contribution < -0.4 is 10.6 Å². The smallest absolute Gasteiger partial charge is 0.325 e. The van der Waals surface area contributed by atoms with Crippen molar-refractivity contribution in [3.63, 3.8) is 0 Å². The molecule has 1 heterocycles. The molecule has 0 saturated carbocycles. The van der Waals surface area contributed by atoms with Crippen LogP contribution in [0, 0.1) is 0 Å². The minimum atomic E-state index is -4.56. The van der Waals surface area contributed by atoms with Crippen molar-refractivity contribution in [2.45, 2.75) is 23.2 Å². The van der Waals surface area contributed by atoms with Gasteiger partial charge in [0.2, 0.25) is 5.91 Å². The van der Waals surface area contributed by atoms with Gasteiger partial charge >= 0.3 is 6.18 Å². The first-order chi connectivity index (χ1) is 14.2. The Hall–Kier alpha value is -2.78. The van der Waals surface area contributed by atoms with Crippen molar-refractivity contribution in [2.75, 3.05) is 10.6 Å². The summed E-state index contributed by atoms with van der Waals surface area (Å²) in [5.74, 6) is -0.786. The molecule has 156 valence electrons. The number of anilines is 2. The predicted molar refractivity (Wildman–Crippen MR) is 114 cm³/mol. The van der Waals surface area contributed by atoms with Gasteiger partial charge in [0.25, 0.3) is 5.91 Å². The molecule has 1 aromatic heterocycles. The van der Waals surface area contributed by atoms with Crippen molar-refractivity contribution in [1.29, 1.82) is 0 Å². The number of nitrogens with one attached hydrogen (secondary N) is 2. The van der Waals surface area contributed by atoms with Crippen molar-refractivity contribution in [2.24, 2.45) is 0 Å². The minimum absolute atomic E-state index is 0.235. The standard InChI is InChI=1S/C21H17F3N2O2S2/c1-13(19(27)26-17-9-3-2-8-16(17)21(22,23)24)30-15-7-4-6-14(12-15)25-20(28)18-10-5-11-29-18/h2-13H,1H3,(H,25,28)(H,26,27). The summed E-state index contributed by atoms with van der Waals surface area (Å²) in [6.45, 7) is 1.60. The molecule has 3 rings (SSSR count). The molecule has 0 aliphatic rings. The van der Waals surface area contributed by atoms with E-state index in [-0.39, 0.29) is 11.6 Å². The van der Waals surface area contributed by atoms with Gasteiger partial charge in [0.05, 0.1) is 21.4 Å². The van der Waals surface area contributed by atoms with E-state index in [2.05, 4.69) is 10.6 Å². The first-order valence-corrected chi connectivity index (χ1v) is 10.6. The summed E-state index contributed by atoms with van der Waals surface area (Å²) in [6, 6.07) is 15.3. The lowest BCUT2D eigenvalue weighted by Crippen LogP contribution is -2.24. The molecule has 0 spiro atoms. The lowest BCUT2D eigenvalue weighted by molar-refractivity contribution is -0.137. The van der Waals surface area contributed by atoms with Gasteiger partial charge in [-0.1, -0.05) is 24.3 Å². The zero-order valence-electron chi connectivity index (χ0n) is 15.7. The summed E-state index contributed by atoms with van der Waals surface area (Å²) in [6.07, 6.45) is -4.56.